The molecule has 0 saturated carbocycles. The lowest BCUT2D eigenvalue weighted by Crippen LogP contribution is -2.33. The Morgan fingerprint density at radius 2 is 1.94 bits per heavy atom. The quantitative estimate of drug-likeness (QED) is 0.782. The lowest BCUT2D eigenvalue weighted by atomic mass is 9.96. The van der Waals surface area contributed by atoms with E-state index in [9.17, 15) is 13.2 Å². The maximum absolute atomic E-state index is 12.6. The molecule has 0 aromatic heterocycles. The van der Waals surface area contributed by atoms with Crippen molar-refractivity contribution in [3.8, 4) is 0 Å². The fraction of sp³-hybridized carbons (Fsp3) is 0.889. The van der Waals surface area contributed by atoms with Crippen molar-refractivity contribution in [2.45, 2.75) is 31.3 Å². The molecule has 2 rings (SSSR count). The zero-order chi connectivity index (χ0) is 11.8. The highest BCUT2D eigenvalue weighted by atomic mass is 19.4. The van der Waals surface area contributed by atoms with Gasteiger partial charge in [-0.1, -0.05) is 0 Å². The smallest absolute Gasteiger partial charge is 0.387 e. The van der Waals surface area contributed by atoms with Crippen LogP contribution in [0.15, 0.2) is 4.99 Å². The van der Waals surface area contributed by atoms with Gasteiger partial charge in [0.15, 0.2) is 6.29 Å². The van der Waals surface area contributed by atoms with Crippen molar-refractivity contribution in [3.05, 3.63) is 0 Å². The van der Waals surface area contributed by atoms with Crippen LogP contribution in [0.5, 0.6) is 0 Å². The summed E-state index contributed by atoms with van der Waals surface area (Å²) in [6.07, 6.45) is -4.95. The molecular weight excluding hydrogens is 225 g/mol. The van der Waals surface area contributed by atoms with Gasteiger partial charge in [0.25, 0.3) is 0 Å². The van der Waals surface area contributed by atoms with E-state index in [1.807, 2.05) is 0 Å². The average Bonchev–Trinajstić information content (AvgIpc) is 2.74. The first-order valence-corrected chi connectivity index (χ1v) is 5.09. The lowest BCUT2D eigenvalue weighted by Gasteiger charge is -2.22. The van der Waals surface area contributed by atoms with Crippen molar-refractivity contribution < 1.29 is 22.6 Å². The summed E-state index contributed by atoms with van der Waals surface area (Å²) in [5.74, 6) is -1.44. The number of nitrogens with two attached hydrogens (primary N) is 1. The van der Waals surface area contributed by atoms with Crippen LogP contribution in [-0.2, 0) is 9.47 Å². The molecule has 0 unspecified atom stereocenters. The van der Waals surface area contributed by atoms with Crippen molar-refractivity contribution >= 4 is 5.84 Å². The van der Waals surface area contributed by atoms with Crippen LogP contribution in [0.1, 0.15) is 12.8 Å². The second-order valence-electron chi connectivity index (χ2n) is 3.95. The van der Waals surface area contributed by atoms with E-state index in [-0.39, 0.29) is 18.7 Å². The number of nitrogens with zero attached hydrogens (tertiary/aromatic N) is 1. The first-order chi connectivity index (χ1) is 7.47. The summed E-state index contributed by atoms with van der Waals surface area (Å²) < 4.78 is 48.2. The number of amidine groups is 1. The second kappa shape index (κ2) is 4.21. The Morgan fingerprint density at radius 3 is 2.50 bits per heavy atom. The van der Waals surface area contributed by atoms with Crippen LogP contribution in [0, 0.1) is 5.92 Å². The van der Waals surface area contributed by atoms with Crippen molar-refractivity contribution in [2.75, 3.05) is 13.2 Å². The van der Waals surface area contributed by atoms with Gasteiger partial charge in [0.1, 0.15) is 0 Å². The highest BCUT2D eigenvalue weighted by molar-refractivity contribution is 5.82. The summed E-state index contributed by atoms with van der Waals surface area (Å²) in [4.78, 5) is 3.81. The number of rotatable bonds is 2. The normalized spacial score (nSPS) is 32.1. The first-order valence-electron chi connectivity index (χ1n) is 5.09. The molecular formula is C9H13F3N2O2. The molecule has 0 aromatic carbocycles. The van der Waals surface area contributed by atoms with Crippen LogP contribution in [0.2, 0.25) is 0 Å². The van der Waals surface area contributed by atoms with Crippen LogP contribution in [0.25, 0.3) is 0 Å². The molecule has 92 valence electrons. The molecule has 2 heterocycles. The number of hydrogen-bond acceptors (Lipinski definition) is 4. The third-order valence-electron chi connectivity index (χ3n) is 2.77. The molecule has 4 nitrogen and oxygen atoms in total. The molecule has 0 aliphatic carbocycles. The van der Waals surface area contributed by atoms with E-state index in [2.05, 4.69) is 4.99 Å². The van der Waals surface area contributed by atoms with E-state index in [0.29, 0.717) is 13.2 Å². The number of alkyl halides is 3. The van der Waals surface area contributed by atoms with Gasteiger partial charge < -0.3 is 15.2 Å². The summed E-state index contributed by atoms with van der Waals surface area (Å²) in [5.41, 5.74) is 5.35. The second-order valence-corrected chi connectivity index (χ2v) is 3.95. The van der Waals surface area contributed by atoms with Crippen LogP contribution < -0.4 is 5.73 Å². The number of hydrogen-bond donors (Lipinski definition) is 1. The van der Waals surface area contributed by atoms with Gasteiger partial charge in [0.2, 0.25) is 0 Å². The van der Waals surface area contributed by atoms with Crippen molar-refractivity contribution in [2.24, 2.45) is 16.6 Å². The summed E-state index contributed by atoms with van der Waals surface area (Å²) in [5, 5.41) is 0. The molecule has 16 heavy (non-hydrogen) atoms. The Kier molecular flexibility index (Phi) is 3.07. The molecule has 0 spiro atoms. The third kappa shape index (κ3) is 2.46. The van der Waals surface area contributed by atoms with Gasteiger partial charge in [0.05, 0.1) is 31.0 Å². The average molecular weight is 238 g/mol. The van der Waals surface area contributed by atoms with Gasteiger partial charge in [-0.3, -0.25) is 4.99 Å². The summed E-state index contributed by atoms with van der Waals surface area (Å²) in [7, 11) is 0. The highest BCUT2D eigenvalue weighted by Crippen LogP contribution is 2.38. The Morgan fingerprint density at radius 1 is 1.31 bits per heavy atom. The predicted molar refractivity (Wildman–Crippen MR) is 49.9 cm³/mol. The zero-order valence-electron chi connectivity index (χ0n) is 8.54. The van der Waals surface area contributed by atoms with Crippen molar-refractivity contribution in [1.29, 1.82) is 0 Å². The molecule has 1 fully saturated rings. The van der Waals surface area contributed by atoms with Crippen LogP contribution in [-0.4, -0.2) is 37.6 Å². The maximum atomic E-state index is 12.6. The van der Waals surface area contributed by atoms with Gasteiger partial charge in [-0.25, -0.2) is 0 Å². The number of aliphatic imine (C=N–C) groups is 1. The Hall–Kier alpha value is -0.820. The van der Waals surface area contributed by atoms with Crippen molar-refractivity contribution in [3.63, 3.8) is 0 Å². The minimum Gasteiger partial charge on any atom is -0.387 e. The SMILES string of the molecule is NC1=N[C@@H](CC2OCCO2)[C@H](C(F)(F)F)C1. The van der Waals surface area contributed by atoms with Gasteiger partial charge in [-0.05, 0) is 0 Å². The zero-order valence-corrected chi connectivity index (χ0v) is 8.54. The molecule has 1 saturated heterocycles. The lowest BCUT2D eigenvalue weighted by molar-refractivity contribution is -0.180. The largest absolute Gasteiger partial charge is 0.394 e. The van der Waals surface area contributed by atoms with Crippen LogP contribution in [0.3, 0.4) is 0 Å². The molecule has 7 heteroatoms. The molecule has 0 aromatic rings. The fourth-order valence-electron chi connectivity index (χ4n) is 2.01. The van der Waals surface area contributed by atoms with E-state index in [1.165, 1.54) is 0 Å². The monoisotopic (exact) mass is 238 g/mol. The standard InChI is InChI=1S/C9H13F3N2O2/c10-9(11,12)5-3-7(13)14-6(5)4-8-15-1-2-16-8/h5-6,8H,1-4H2,(H2,13,14)/t5-,6+/m1/s1. The van der Waals surface area contributed by atoms with E-state index in [4.69, 9.17) is 15.2 Å². The summed E-state index contributed by atoms with van der Waals surface area (Å²) >= 11 is 0. The van der Waals surface area contributed by atoms with Gasteiger partial charge in [-0.15, -0.1) is 0 Å². The minimum atomic E-state index is -4.27. The molecule has 2 atom stereocenters. The van der Waals surface area contributed by atoms with Gasteiger partial charge >= 0.3 is 6.18 Å². The summed E-state index contributed by atoms with van der Waals surface area (Å²) in [6.45, 7) is 0.848. The number of ether oxygens (including phenoxy) is 2. The fourth-order valence-corrected chi connectivity index (χ4v) is 2.01. The molecule has 2 N–H and O–H groups in total. The molecule has 2 aliphatic heterocycles. The van der Waals surface area contributed by atoms with Crippen LogP contribution in [0.4, 0.5) is 13.2 Å². The Bertz CT molecular complexity index is 287. The molecule has 2 aliphatic rings. The van der Waals surface area contributed by atoms with Gasteiger partial charge in [-0.2, -0.15) is 13.2 Å². The van der Waals surface area contributed by atoms with E-state index < -0.39 is 24.4 Å². The summed E-state index contributed by atoms with van der Waals surface area (Å²) in [6, 6.07) is -0.872. The number of halogens is 3. The Labute approximate surface area is 90.6 Å². The topological polar surface area (TPSA) is 56.8 Å². The van der Waals surface area contributed by atoms with E-state index >= 15 is 0 Å². The Balaban J connectivity index is 1.99. The van der Waals surface area contributed by atoms with E-state index in [0.717, 1.165) is 0 Å². The first kappa shape index (κ1) is 11.7. The maximum Gasteiger partial charge on any atom is 0.394 e. The third-order valence-corrected chi connectivity index (χ3v) is 2.77. The van der Waals surface area contributed by atoms with E-state index in [1.54, 1.807) is 0 Å². The predicted octanol–water partition coefficient (Wildman–Crippen LogP) is 1.06. The minimum absolute atomic E-state index is 0.0605. The molecule has 0 amide bonds. The van der Waals surface area contributed by atoms with Gasteiger partial charge in [0, 0.05) is 12.8 Å². The highest BCUT2D eigenvalue weighted by Gasteiger charge is 2.48. The molecule has 0 radical (unpaired) electrons. The van der Waals surface area contributed by atoms with Crippen molar-refractivity contribution in [1.82, 2.24) is 0 Å². The molecule has 0 bridgehead atoms. The van der Waals surface area contributed by atoms with Crippen LogP contribution >= 0.6 is 0 Å².